The number of allylic oxidation sites excluding steroid dienone is 3. The maximum absolute atomic E-state index is 11.3. The molecule has 1 heteroatoms. The fourth-order valence-corrected chi connectivity index (χ4v) is 1.66. The number of rotatable bonds is 2. The zero-order valence-electron chi connectivity index (χ0n) is 7.89. The van der Waals surface area contributed by atoms with E-state index >= 15 is 0 Å². The largest absolute Gasteiger partial charge is 0.295 e. The standard InChI is InChI=1S/C11H16O/c1-4-11(12)10-6-5-8(2)9(3)7-10/h4,10H,1,5-7H2,2-3H3/t10-/m0/s1. The minimum atomic E-state index is 0.210. The molecule has 1 nitrogen and oxygen atoms in total. The first-order chi connectivity index (χ1) is 5.65. The molecular formula is C11H16O. The molecule has 1 atom stereocenters. The molecule has 0 bridgehead atoms. The first kappa shape index (κ1) is 9.24. The summed E-state index contributed by atoms with van der Waals surface area (Å²) < 4.78 is 0. The van der Waals surface area contributed by atoms with Crippen molar-refractivity contribution in [3.63, 3.8) is 0 Å². The van der Waals surface area contributed by atoms with E-state index in [1.54, 1.807) is 0 Å². The second-order valence-electron chi connectivity index (χ2n) is 3.61. The molecule has 1 rings (SSSR count). The number of ketones is 1. The average Bonchev–Trinajstić information content (AvgIpc) is 2.08. The van der Waals surface area contributed by atoms with Crippen LogP contribution in [0.2, 0.25) is 0 Å². The molecule has 0 N–H and O–H groups in total. The van der Waals surface area contributed by atoms with Crippen LogP contribution >= 0.6 is 0 Å². The zero-order chi connectivity index (χ0) is 9.14. The summed E-state index contributed by atoms with van der Waals surface area (Å²) in [5, 5.41) is 0. The number of carbonyl (C=O) groups excluding carboxylic acids is 1. The second kappa shape index (κ2) is 3.70. The Balaban J connectivity index is 2.66. The minimum Gasteiger partial charge on any atom is -0.295 e. The van der Waals surface area contributed by atoms with Crippen LogP contribution in [0.25, 0.3) is 0 Å². The molecule has 0 saturated heterocycles. The van der Waals surface area contributed by atoms with E-state index in [0.717, 1.165) is 19.3 Å². The Hall–Kier alpha value is -0.850. The van der Waals surface area contributed by atoms with E-state index in [-0.39, 0.29) is 11.7 Å². The highest BCUT2D eigenvalue weighted by Crippen LogP contribution is 2.29. The second-order valence-corrected chi connectivity index (χ2v) is 3.61. The predicted octanol–water partition coefficient (Wildman–Crippen LogP) is 2.88. The van der Waals surface area contributed by atoms with E-state index < -0.39 is 0 Å². The van der Waals surface area contributed by atoms with Crippen LogP contribution in [0.1, 0.15) is 33.1 Å². The third-order valence-corrected chi connectivity index (χ3v) is 2.75. The Morgan fingerprint density at radius 2 is 2.17 bits per heavy atom. The molecule has 0 heterocycles. The quantitative estimate of drug-likeness (QED) is 0.453. The smallest absolute Gasteiger partial charge is 0.158 e. The van der Waals surface area contributed by atoms with Crippen LogP contribution in [0, 0.1) is 5.92 Å². The molecule has 0 saturated carbocycles. The van der Waals surface area contributed by atoms with Crippen molar-refractivity contribution in [1.82, 2.24) is 0 Å². The van der Waals surface area contributed by atoms with Crippen LogP contribution in [0.5, 0.6) is 0 Å². The van der Waals surface area contributed by atoms with Crippen LogP contribution in [-0.4, -0.2) is 5.78 Å². The van der Waals surface area contributed by atoms with Gasteiger partial charge in [0.15, 0.2) is 5.78 Å². The highest BCUT2D eigenvalue weighted by atomic mass is 16.1. The summed E-state index contributed by atoms with van der Waals surface area (Å²) in [5.41, 5.74) is 2.85. The van der Waals surface area contributed by atoms with Crippen LogP contribution in [0.3, 0.4) is 0 Å². The van der Waals surface area contributed by atoms with Crippen molar-refractivity contribution < 1.29 is 4.79 Å². The molecule has 0 spiro atoms. The van der Waals surface area contributed by atoms with Gasteiger partial charge in [0.25, 0.3) is 0 Å². The van der Waals surface area contributed by atoms with Crippen molar-refractivity contribution >= 4 is 5.78 Å². The predicted molar refractivity (Wildman–Crippen MR) is 50.9 cm³/mol. The summed E-state index contributed by atoms with van der Waals surface area (Å²) >= 11 is 0. The van der Waals surface area contributed by atoms with Crippen molar-refractivity contribution in [1.29, 1.82) is 0 Å². The lowest BCUT2D eigenvalue weighted by Crippen LogP contribution is -2.16. The van der Waals surface area contributed by atoms with E-state index in [0.29, 0.717) is 0 Å². The molecule has 12 heavy (non-hydrogen) atoms. The monoisotopic (exact) mass is 164 g/mol. The van der Waals surface area contributed by atoms with Gasteiger partial charge >= 0.3 is 0 Å². The summed E-state index contributed by atoms with van der Waals surface area (Å²) in [4.78, 5) is 11.3. The van der Waals surface area contributed by atoms with Crippen LogP contribution in [-0.2, 0) is 4.79 Å². The van der Waals surface area contributed by atoms with Gasteiger partial charge in [-0.3, -0.25) is 4.79 Å². The first-order valence-corrected chi connectivity index (χ1v) is 4.46. The fourth-order valence-electron chi connectivity index (χ4n) is 1.66. The van der Waals surface area contributed by atoms with Crippen molar-refractivity contribution in [3.05, 3.63) is 23.8 Å². The van der Waals surface area contributed by atoms with E-state index in [2.05, 4.69) is 20.4 Å². The topological polar surface area (TPSA) is 17.1 Å². The van der Waals surface area contributed by atoms with Crippen LogP contribution in [0.15, 0.2) is 23.8 Å². The fraction of sp³-hybridized carbons (Fsp3) is 0.545. The maximum Gasteiger partial charge on any atom is 0.158 e. The number of carbonyl (C=O) groups is 1. The lowest BCUT2D eigenvalue weighted by Gasteiger charge is -2.21. The van der Waals surface area contributed by atoms with Gasteiger partial charge in [-0.15, -0.1) is 0 Å². The molecule has 1 aliphatic rings. The van der Waals surface area contributed by atoms with Crippen molar-refractivity contribution in [2.45, 2.75) is 33.1 Å². The minimum absolute atomic E-state index is 0.210. The van der Waals surface area contributed by atoms with E-state index in [9.17, 15) is 4.79 Å². The van der Waals surface area contributed by atoms with E-state index in [4.69, 9.17) is 0 Å². The van der Waals surface area contributed by atoms with Crippen molar-refractivity contribution in [2.24, 2.45) is 5.92 Å². The van der Waals surface area contributed by atoms with Gasteiger partial charge in [0.2, 0.25) is 0 Å². The highest BCUT2D eigenvalue weighted by molar-refractivity contribution is 5.91. The summed E-state index contributed by atoms with van der Waals surface area (Å²) in [6.45, 7) is 7.79. The molecule has 0 aromatic rings. The van der Waals surface area contributed by atoms with Gasteiger partial charge in [0.1, 0.15) is 0 Å². The average molecular weight is 164 g/mol. The molecule has 0 aromatic heterocycles. The first-order valence-electron chi connectivity index (χ1n) is 4.46. The third-order valence-electron chi connectivity index (χ3n) is 2.75. The summed E-state index contributed by atoms with van der Waals surface area (Å²) in [5.74, 6) is 0.424. The van der Waals surface area contributed by atoms with Crippen LogP contribution in [0.4, 0.5) is 0 Å². The molecule has 0 aromatic carbocycles. The van der Waals surface area contributed by atoms with E-state index in [1.165, 1.54) is 17.2 Å². The third kappa shape index (κ3) is 1.84. The van der Waals surface area contributed by atoms with E-state index in [1.807, 2.05) is 0 Å². The molecule has 0 unspecified atom stereocenters. The normalized spacial score (nSPS) is 24.0. The van der Waals surface area contributed by atoms with Crippen LogP contribution < -0.4 is 0 Å². The molecule has 0 fully saturated rings. The zero-order valence-corrected chi connectivity index (χ0v) is 7.89. The lowest BCUT2D eigenvalue weighted by atomic mass is 9.83. The summed E-state index contributed by atoms with van der Waals surface area (Å²) in [7, 11) is 0. The van der Waals surface area contributed by atoms with Crippen molar-refractivity contribution in [3.8, 4) is 0 Å². The Labute approximate surface area is 74.2 Å². The molecular weight excluding hydrogens is 148 g/mol. The lowest BCUT2D eigenvalue weighted by molar-refractivity contribution is -0.118. The van der Waals surface area contributed by atoms with Gasteiger partial charge in [-0.25, -0.2) is 0 Å². The highest BCUT2D eigenvalue weighted by Gasteiger charge is 2.20. The molecule has 0 radical (unpaired) electrons. The molecule has 66 valence electrons. The van der Waals surface area contributed by atoms with Crippen molar-refractivity contribution in [2.75, 3.05) is 0 Å². The number of hydrogen-bond donors (Lipinski definition) is 0. The van der Waals surface area contributed by atoms with Gasteiger partial charge in [-0.05, 0) is 39.2 Å². The SMILES string of the molecule is C=CC(=O)[C@H]1CCC(C)=C(C)C1. The van der Waals surface area contributed by atoms with Gasteiger partial charge in [0.05, 0.1) is 0 Å². The van der Waals surface area contributed by atoms with Gasteiger partial charge in [-0.1, -0.05) is 17.7 Å². The molecule has 0 aliphatic heterocycles. The maximum atomic E-state index is 11.3. The number of hydrogen-bond acceptors (Lipinski definition) is 1. The molecule has 0 amide bonds. The summed E-state index contributed by atoms with van der Waals surface area (Å²) in [6.07, 6.45) is 4.49. The Bertz CT molecular complexity index is 235. The van der Waals surface area contributed by atoms with Gasteiger partial charge < -0.3 is 0 Å². The summed E-state index contributed by atoms with van der Waals surface area (Å²) in [6, 6.07) is 0. The Morgan fingerprint density at radius 1 is 1.50 bits per heavy atom. The molecule has 1 aliphatic carbocycles. The van der Waals surface area contributed by atoms with Gasteiger partial charge in [0, 0.05) is 5.92 Å². The Morgan fingerprint density at radius 3 is 2.67 bits per heavy atom. The van der Waals surface area contributed by atoms with Gasteiger partial charge in [-0.2, -0.15) is 0 Å². The Kier molecular flexibility index (Phi) is 2.85.